The molecule has 1 aromatic rings. The fourth-order valence-electron chi connectivity index (χ4n) is 3.47. The number of aryl methyl sites for hydroxylation is 1. The maximum absolute atomic E-state index is 5.97. The second kappa shape index (κ2) is 6.77. The third-order valence-corrected chi connectivity index (χ3v) is 4.97. The molecule has 0 aliphatic carbocycles. The quantitative estimate of drug-likeness (QED) is 0.592. The van der Waals surface area contributed by atoms with Crippen molar-refractivity contribution in [2.45, 2.75) is 58.2 Å². The Labute approximate surface area is 127 Å². The Hall–Kier alpha value is -1.11. The van der Waals surface area contributed by atoms with Crippen LogP contribution in [0, 0.1) is 0 Å². The maximum Gasteiger partial charge on any atom is 0.161 e. The lowest BCUT2D eigenvalue weighted by Crippen LogP contribution is -2.55. The first-order valence-electron chi connectivity index (χ1n) is 7.93. The van der Waals surface area contributed by atoms with E-state index in [1.54, 1.807) is 13.3 Å². The van der Waals surface area contributed by atoms with Crippen LogP contribution in [0.15, 0.2) is 6.20 Å². The molecule has 3 N–H and O–H groups in total. The summed E-state index contributed by atoms with van der Waals surface area (Å²) >= 11 is 0. The Balaban J connectivity index is 2.43. The Morgan fingerprint density at radius 1 is 1.43 bits per heavy atom. The lowest BCUT2D eigenvalue weighted by molar-refractivity contribution is 0.0790. The molecule has 0 bridgehead atoms. The number of hydrogen-bond acceptors (Lipinski definition) is 5. The minimum atomic E-state index is -0.0501. The van der Waals surface area contributed by atoms with Crippen molar-refractivity contribution in [3.63, 3.8) is 0 Å². The van der Waals surface area contributed by atoms with Crippen LogP contribution in [0.4, 0.5) is 0 Å². The summed E-state index contributed by atoms with van der Waals surface area (Å²) in [6.07, 6.45) is 5.32. The number of rotatable bonds is 7. The van der Waals surface area contributed by atoms with Crippen molar-refractivity contribution in [2.75, 3.05) is 20.2 Å². The van der Waals surface area contributed by atoms with Crippen molar-refractivity contribution >= 4 is 0 Å². The van der Waals surface area contributed by atoms with Crippen LogP contribution in [0.1, 0.15) is 51.8 Å². The molecule has 0 spiro atoms. The van der Waals surface area contributed by atoms with E-state index in [4.69, 9.17) is 10.6 Å². The highest BCUT2D eigenvalue weighted by Gasteiger charge is 2.42. The molecule has 2 heterocycles. The summed E-state index contributed by atoms with van der Waals surface area (Å²) in [6.45, 7) is 9.66. The van der Waals surface area contributed by atoms with Gasteiger partial charge in [-0.15, -0.1) is 0 Å². The Morgan fingerprint density at radius 3 is 2.57 bits per heavy atom. The zero-order valence-corrected chi connectivity index (χ0v) is 13.7. The largest absolute Gasteiger partial charge is 0.493 e. The predicted octanol–water partition coefficient (Wildman–Crippen LogP) is 1.68. The molecule has 2 atom stereocenters. The fourth-order valence-corrected chi connectivity index (χ4v) is 3.47. The van der Waals surface area contributed by atoms with E-state index in [2.05, 4.69) is 36.2 Å². The van der Waals surface area contributed by atoms with E-state index in [0.29, 0.717) is 0 Å². The summed E-state index contributed by atoms with van der Waals surface area (Å²) in [4.78, 5) is 2.55. The van der Waals surface area contributed by atoms with E-state index in [1.807, 2.05) is 4.68 Å². The van der Waals surface area contributed by atoms with Crippen LogP contribution in [0.2, 0.25) is 0 Å². The van der Waals surface area contributed by atoms with Crippen LogP contribution >= 0.6 is 0 Å². The SMILES string of the molecule is CCn1ncc(OC)c1C(NN)C(C)(CC)N1CCCC1. The molecule has 1 aliphatic heterocycles. The van der Waals surface area contributed by atoms with Gasteiger partial charge in [0.25, 0.3) is 0 Å². The Bertz CT molecular complexity index is 433. The molecule has 120 valence electrons. The van der Waals surface area contributed by atoms with E-state index >= 15 is 0 Å². The van der Waals surface area contributed by atoms with Crippen LogP contribution in [0.5, 0.6) is 5.75 Å². The van der Waals surface area contributed by atoms with Crippen LogP contribution in [-0.2, 0) is 6.54 Å². The van der Waals surface area contributed by atoms with Gasteiger partial charge in [0, 0.05) is 12.1 Å². The minimum Gasteiger partial charge on any atom is -0.493 e. The molecule has 2 rings (SSSR count). The van der Waals surface area contributed by atoms with Crippen molar-refractivity contribution in [1.82, 2.24) is 20.1 Å². The topological polar surface area (TPSA) is 68.3 Å². The number of nitrogens with zero attached hydrogens (tertiary/aromatic N) is 3. The van der Waals surface area contributed by atoms with Crippen LogP contribution in [0.3, 0.4) is 0 Å². The zero-order chi connectivity index (χ0) is 15.5. The molecule has 0 amide bonds. The molecule has 0 radical (unpaired) electrons. The molecule has 0 aromatic carbocycles. The summed E-state index contributed by atoms with van der Waals surface area (Å²) in [5.41, 5.74) is 4.03. The number of hydrogen-bond donors (Lipinski definition) is 2. The minimum absolute atomic E-state index is 0.0157. The average Bonchev–Trinajstić information content (AvgIpc) is 3.17. The molecule has 0 saturated carbocycles. The third-order valence-electron chi connectivity index (χ3n) is 4.97. The summed E-state index contributed by atoms with van der Waals surface area (Å²) in [7, 11) is 1.69. The van der Waals surface area contributed by atoms with Gasteiger partial charge >= 0.3 is 0 Å². The first-order chi connectivity index (χ1) is 10.1. The lowest BCUT2D eigenvalue weighted by atomic mass is 9.85. The van der Waals surface area contributed by atoms with Gasteiger partial charge in [0.05, 0.1) is 19.3 Å². The molecular formula is C15H29N5O. The lowest BCUT2D eigenvalue weighted by Gasteiger charge is -2.44. The molecular weight excluding hydrogens is 266 g/mol. The first kappa shape index (κ1) is 16.3. The van der Waals surface area contributed by atoms with Gasteiger partial charge < -0.3 is 4.74 Å². The molecule has 1 fully saturated rings. The van der Waals surface area contributed by atoms with Crippen molar-refractivity contribution in [2.24, 2.45) is 5.84 Å². The molecule has 1 aromatic heterocycles. The molecule has 6 heteroatoms. The molecule has 6 nitrogen and oxygen atoms in total. The molecule has 1 saturated heterocycles. The monoisotopic (exact) mass is 295 g/mol. The van der Waals surface area contributed by atoms with Crippen LogP contribution in [0.25, 0.3) is 0 Å². The van der Waals surface area contributed by atoms with E-state index < -0.39 is 0 Å². The predicted molar refractivity (Wildman–Crippen MR) is 84.0 cm³/mol. The van der Waals surface area contributed by atoms with Crippen LogP contribution in [-0.4, -0.2) is 40.4 Å². The summed E-state index contributed by atoms with van der Waals surface area (Å²) in [5.74, 6) is 6.77. The van der Waals surface area contributed by atoms with Gasteiger partial charge in [0.1, 0.15) is 5.69 Å². The van der Waals surface area contributed by atoms with Crippen molar-refractivity contribution in [3.8, 4) is 5.75 Å². The standard InChI is InChI=1S/C15H29N5O/c1-5-15(3,19-9-7-8-10-19)14(18-16)13-12(21-4)11-17-20(13)6-2/h11,14,18H,5-10,16H2,1-4H3. The molecule has 21 heavy (non-hydrogen) atoms. The number of hydrazine groups is 1. The average molecular weight is 295 g/mol. The molecule has 1 aliphatic rings. The van der Waals surface area contributed by atoms with Gasteiger partial charge in [-0.2, -0.15) is 5.10 Å². The van der Waals surface area contributed by atoms with Crippen molar-refractivity contribution < 1.29 is 4.74 Å². The number of ether oxygens (including phenoxy) is 1. The summed E-state index contributed by atoms with van der Waals surface area (Å²) in [6, 6.07) is -0.0157. The second-order valence-corrected chi connectivity index (χ2v) is 5.92. The van der Waals surface area contributed by atoms with Gasteiger partial charge in [-0.05, 0) is 46.2 Å². The first-order valence-corrected chi connectivity index (χ1v) is 7.93. The number of aromatic nitrogens is 2. The number of nitrogens with two attached hydrogens (primary N) is 1. The number of methoxy groups -OCH3 is 1. The van der Waals surface area contributed by atoms with E-state index in [0.717, 1.165) is 37.5 Å². The molecule has 2 unspecified atom stereocenters. The van der Waals surface area contributed by atoms with Crippen molar-refractivity contribution in [3.05, 3.63) is 11.9 Å². The highest BCUT2D eigenvalue weighted by Crippen LogP contribution is 2.39. The number of nitrogens with one attached hydrogen (secondary N) is 1. The van der Waals surface area contributed by atoms with Gasteiger partial charge in [-0.1, -0.05) is 6.92 Å². The zero-order valence-electron chi connectivity index (χ0n) is 13.7. The van der Waals surface area contributed by atoms with Gasteiger partial charge in [0.15, 0.2) is 5.75 Å². The van der Waals surface area contributed by atoms with Gasteiger partial charge in [-0.25, -0.2) is 5.43 Å². The highest BCUT2D eigenvalue weighted by atomic mass is 16.5. The summed E-state index contributed by atoms with van der Waals surface area (Å²) in [5, 5.41) is 4.43. The number of likely N-dealkylation sites (tertiary alicyclic amines) is 1. The smallest absolute Gasteiger partial charge is 0.161 e. The normalized spacial score (nSPS) is 20.4. The highest BCUT2D eigenvalue weighted by molar-refractivity contribution is 5.31. The van der Waals surface area contributed by atoms with Gasteiger partial charge in [-0.3, -0.25) is 15.4 Å². The Kier molecular flexibility index (Phi) is 5.24. The van der Waals surface area contributed by atoms with E-state index in [-0.39, 0.29) is 11.6 Å². The summed E-state index contributed by atoms with van der Waals surface area (Å²) < 4.78 is 7.50. The maximum atomic E-state index is 5.97. The van der Waals surface area contributed by atoms with Gasteiger partial charge in [0.2, 0.25) is 0 Å². The van der Waals surface area contributed by atoms with Crippen LogP contribution < -0.4 is 16.0 Å². The Morgan fingerprint density at radius 2 is 2.10 bits per heavy atom. The van der Waals surface area contributed by atoms with E-state index in [9.17, 15) is 0 Å². The third kappa shape index (κ3) is 2.80. The fraction of sp³-hybridized carbons (Fsp3) is 0.800. The second-order valence-electron chi connectivity index (χ2n) is 5.92. The van der Waals surface area contributed by atoms with Crippen molar-refractivity contribution in [1.29, 1.82) is 0 Å². The van der Waals surface area contributed by atoms with E-state index in [1.165, 1.54) is 12.8 Å².